The van der Waals surface area contributed by atoms with Gasteiger partial charge in [0.1, 0.15) is 18.3 Å². The van der Waals surface area contributed by atoms with Gasteiger partial charge in [0.2, 0.25) is 0 Å². The van der Waals surface area contributed by atoms with Crippen molar-refractivity contribution in [2.45, 2.75) is 24.5 Å². The minimum absolute atomic E-state index is 0.545. The molecule has 1 aromatic heterocycles. The van der Waals surface area contributed by atoms with E-state index in [1.807, 2.05) is 0 Å². The standard InChI is InChI=1S/C11H16N2O8S/c1-12-7(15)3-4-13(11(12)17)10-8(16)9(6(5-14)20-10)21-22(2,18)19/h3-4,6,8-10,14,16H,5H2,1-2H3/t6-,8-,9-,10-/m1/s1. The molecule has 0 aliphatic carbocycles. The van der Waals surface area contributed by atoms with E-state index in [-0.39, 0.29) is 0 Å². The van der Waals surface area contributed by atoms with Crippen LogP contribution in [0.2, 0.25) is 0 Å². The van der Waals surface area contributed by atoms with Crippen molar-refractivity contribution >= 4 is 10.1 Å². The summed E-state index contributed by atoms with van der Waals surface area (Å²) in [7, 11) is -2.66. The van der Waals surface area contributed by atoms with Crippen LogP contribution in [-0.2, 0) is 26.1 Å². The lowest BCUT2D eigenvalue weighted by Gasteiger charge is -2.19. The molecular formula is C11H16N2O8S. The van der Waals surface area contributed by atoms with Gasteiger partial charge < -0.3 is 14.9 Å². The van der Waals surface area contributed by atoms with Crippen molar-refractivity contribution in [3.8, 4) is 0 Å². The third-order valence-electron chi connectivity index (χ3n) is 3.27. The summed E-state index contributed by atoms with van der Waals surface area (Å²) in [6, 6.07) is 1.09. The number of hydrogen-bond donors (Lipinski definition) is 2. The third kappa shape index (κ3) is 3.13. The summed E-state index contributed by atoms with van der Waals surface area (Å²) < 4.78 is 34.2. The Bertz CT molecular complexity index is 767. The van der Waals surface area contributed by atoms with Gasteiger partial charge >= 0.3 is 5.69 Å². The molecular weight excluding hydrogens is 320 g/mol. The zero-order valence-corrected chi connectivity index (χ0v) is 12.6. The average Bonchev–Trinajstić information content (AvgIpc) is 2.72. The molecule has 0 bridgehead atoms. The highest BCUT2D eigenvalue weighted by Crippen LogP contribution is 2.30. The third-order valence-corrected chi connectivity index (χ3v) is 3.84. The number of ether oxygens (including phenoxy) is 1. The van der Waals surface area contributed by atoms with Gasteiger partial charge in [-0.2, -0.15) is 8.42 Å². The Hall–Kier alpha value is -1.53. The van der Waals surface area contributed by atoms with E-state index >= 15 is 0 Å². The number of rotatable bonds is 4. The SMILES string of the molecule is Cn1c(=O)ccn([C@@H]2O[C@H](CO)[C@@H](OS(C)(=O)=O)[C@H]2O)c1=O. The lowest BCUT2D eigenvalue weighted by atomic mass is 10.1. The fourth-order valence-corrected chi connectivity index (χ4v) is 2.84. The fraction of sp³-hybridized carbons (Fsp3) is 0.636. The van der Waals surface area contributed by atoms with Crippen LogP contribution in [-0.4, -0.2) is 58.9 Å². The monoisotopic (exact) mass is 336 g/mol. The first-order chi connectivity index (χ1) is 10.2. The molecule has 1 aliphatic rings. The first-order valence-corrected chi connectivity index (χ1v) is 8.08. The molecule has 0 radical (unpaired) electrons. The largest absolute Gasteiger partial charge is 0.394 e. The summed E-state index contributed by atoms with van der Waals surface area (Å²) >= 11 is 0. The maximum atomic E-state index is 12.0. The molecule has 2 rings (SSSR count). The molecule has 2 N–H and O–H groups in total. The van der Waals surface area contributed by atoms with E-state index in [2.05, 4.69) is 0 Å². The molecule has 0 spiro atoms. The summed E-state index contributed by atoms with van der Waals surface area (Å²) in [6.07, 6.45) is -3.41. The second kappa shape index (κ2) is 5.93. The van der Waals surface area contributed by atoms with Gasteiger partial charge in [0.05, 0.1) is 12.9 Å². The van der Waals surface area contributed by atoms with Crippen LogP contribution in [0.4, 0.5) is 0 Å². The van der Waals surface area contributed by atoms with Crippen molar-refractivity contribution in [1.82, 2.24) is 9.13 Å². The molecule has 124 valence electrons. The lowest BCUT2D eigenvalue weighted by molar-refractivity contribution is -0.0548. The molecule has 10 nitrogen and oxygen atoms in total. The van der Waals surface area contributed by atoms with Crippen molar-refractivity contribution in [3.05, 3.63) is 33.1 Å². The molecule has 1 aliphatic heterocycles. The van der Waals surface area contributed by atoms with Gasteiger partial charge in [-0.25, -0.2) is 4.79 Å². The maximum absolute atomic E-state index is 12.0. The van der Waals surface area contributed by atoms with E-state index in [4.69, 9.17) is 8.92 Å². The summed E-state index contributed by atoms with van der Waals surface area (Å²) in [5.74, 6) is 0. The van der Waals surface area contributed by atoms with Gasteiger partial charge in [-0.05, 0) is 0 Å². The highest BCUT2D eigenvalue weighted by Gasteiger charge is 2.47. The summed E-state index contributed by atoms with van der Waals surface area (Å²) in [5, 5.41) is 19.4. The predicted molar refractivity (Wildman–Crippen MR) is 72.7 cm³/mol. The normalized spacial score (nSPS) is 28.9. The van der Waals surface area contributed by atoms with Crippen LogP contribution in [0.25, 0.3) is 0 Å². The molecule has 1 saturated heterocycles. The molecule has 1 fully saturated rings. The molecule has 22 heavy (non-hydrogen) atoms. The Kier molecular flexibility index (Phi) is 4.54. The predicted octanol–water partition coefficient (Wildman–Crippen LogP) is -2.86. The second-order valence-corrected chi connectivity index (χ2v) is 6.51. The Labute approximate surface area is 125 Å². The zero-order valence-electron chi connectivity index (χ0n) is 11.8. The van der Waals surface area contributed by atoms with E-state index in [1.165, 1.54) is 7.05 Å². The van der Waals surface area contributed by atoms with E-state index in [9.17, 15) is 28.2 Å². The molecule has 4 atom stereocenters. The minimum atomic E-state index is -3.91. The molecule has 2 heterocycles. The van der Waals surface area contributed by atoms with Crippen molar-refractivity contribution in [2.75, 3.05) is 12.9 Å². The summed E-state index contributed by atoms with van der Waals surface area (Å²) in [4.78, 5) is 23.4. The smallest absolute Gasteiger partial charge is 0.332 e. The topological polar surface area (TPSA) is 137 Å². The van der Waals surface area contributed by atoms with Gasteiger partial charge in [0.25, 0.3) is 15.7 Å². The van der Waals surface area contributed by atoms with E-state index in [0.29, 0.717) is 0 Å². The van der Waals surface area contributed by atoms with Gasteiger partial charge in [-0.1, -0.05) is 0 Å². The number of aliphatic hydroxyl groups excluding tert-OH is 2. The van der Waals surface area contributed by atoms with Crippen LogP contribution in [0.5, 0.6) is 0 Å². The molecule has 0 aromatic carbocycles. The number of nitrogens with zero attached hydrogens (tertiary/aromatic N) is 2. The Balaban J connectivity index is 2.40. The second-order valence-electron chi connectivity index (χ2n) is 4.91. The van der Waals surface area contributed by atoms with Crippen LogP contribution in [0, 0.1) is 0 Å². The Morgan fingerprint density at radius 3 is 2.59 bits per heavy atom. The van der Waals surface area contributed by atoms with Crippen molar-refractivity contribution < 1.29 is 27.6 Å². The number of hydrogen-bond acceptors (Lipinski definition) is 8. The maximum Gasteiger partial charge on any atom is 0.332 e. The first kappa shape index (κ1) is 16.8. The number of aliphatic hydroxyl groups is 2. The molecule has 0 amide bonds. The first-order valence-electron chi connectivity index (χ1n) is 6.26. The summed E-state index contributed by atoms with van der Waals surface area (Å²) in [6.45, 7) is -0.617. The Morgan fingerprint density at radius 1 is 1.41 bits per heavy atom. The zero-order chi connectivity index (χ0) is 16.7. The van der Waals surface area contributed by atoms with Gasteiger partial charge in [-0.15, -0.1) is 0 Å². The number of aromatic nitrogens is 2. The van der Waals surface area contributed by atoms with E-state index in [0.717, 1.165) is 27.7 Å². The molecule has 11 heteroatoms. The molecule has 0 saturated carbocycles. The fourth-order valence-electron chi connectivity index (χ4n) is 2.20. The minimum Gasteiger partial charge on any atom is -0.394 e. The van der Waals surface area contributed by atoms with Crippen molar-refractivity contribution in [2.24, 2.45) is 7.05 Å². The van der Waals surface area contributed by atoms with Crippen LogP contribution in [0.15, 0.2) is 21.9 Å². The van der Waals surface area contributed by atoms with Gasteiger partial charge in [0.15, 0.2) is 6.23 Å². The molecule has 0 unspecified atom stereocenters. The van der Waals surface area contributed by atoms with Crippen LogP contribution in [0.1, 0.15) is 6.23 Å². The average molecular weight is 336 g/mol. The quantitative estimate of drug-likeness (QED) is 0.560. The van der Waals surface area contributed by atoms with Gasteiger partial charge in [0, 0.05) is 19.3 Å². The van der Waals surface area contributed by atoms with Crippen LogP contribution in [0.3, 0.4) is 0 Å². The van der Waals surface area contributed by atoms with Crippen molar-refractivity contribution in [3.63, 3.8) is 0 Å². The summed E-state index contributed by atoms with van der Waals surface area (Å²) in [5.41, 5.74) is -1.30. The highest BCUT2D eigenvalue weighted by molar-refractivity contribution is 7.86. The van der Waals surface area contributed by atoms with E-state index < -0.39 is 52.5 Å². The van der Waals surface area contributed by atoms with Crippen LogP contribution < -0.4 is 11.2 Å². The van der Waals surface area contributed by atoms with Crippen molar-refractivity contribution in [1.29, 1.82) is 0 Å². The van der Waals surface area contributed by atoms with Crippen LogP contribution >= 0.6 is 0 Å². The molecule has 1 aromatic rings. The van der Waals surface area contributed by atoms with E-state index in [1.54, 1.807) is 0 Å². The Morgan fingerprint density at radius 2 is 2.05 bits per heavy atom. The lowest BCUT2D eigenvalue weighted by Crippen LogP contribution is -2.42. The highest BCUT2D eigenvalue weighted by atomic mass is 32.2. The van der Waals surface area contributed by atoms with Gasteiger partial charge in [-0.3, -0.25) is 18.1 Å².